The highest BCUT2D eigenvalue weighted by molar-refractivity contribution is 7.89. The fourth-order valence-electron chi connectivity index (χ4n) is 2.41. The van der Waals surface area contributed by atoms with Crippen molar-refractivity contribution in [2.75, 3.05) is 20.1 Å². The minimum absolute atomic E-state index is 0.0845. The Morgan fingerprint density at radius 2 is 2.00 bits per heavy atom. The van der Waals surface area contributed by atoms with Crippen LogP contribution in [0.4, 0.5) is 0 Å². The summed E-state index contributed by atoms with van der Waals surface area (Å²) in [5, 5.41) is 3.07. The summed E-state index contributed by atoms with van der Waals surface area (Å²) in [6, 6.07) is 7.16. The first kappa shape index (κ1) is 13.5. The lowest BCUT2D eigenvalue weighted by Crippen LogP contribution is -2.40. The smallest absolute Gasteiger partial charge is 0.243 e. The minimum Gasteiger partial charge on any atom is -0.318 e. The Kier molecular flexibility index (Phi) is 4.04. The van der Waals surface area contributed by atoms with E-state index in [0.29, 0.717) is 18.0 Å². The van der Waals surface area contributed by atoms with Gasteiger partial charge in [-0.1, -0.05) is 17.7 Å². The Morgan fingerprint density at radius 1 is 1.33 bits per heavy atom. The summed E-state index contributed by atoms with van der Waals surface area (Å²) in [5.41, 5.74) is 1.07. The van der Waals surface area contributed by atoms with Crippen LogP contribution in [0.3, 0.4) is 0 Å². The molecule has 0 amide bonds. The van der Waals surface area contributed by atoms with Crippen LogP contribution in [0.2, 0.25) is 0 Å². The van der Waals surface area contributed by atoms with Gasteiger partial charge < -0.3 is 5.32 Å². The standard InChI is InChI=1S/C13H20N2O2S/c1-11-5-7-13(8-6-11)18(16,17)15-9-3-4-12(15)10-14-2/h5-8,12,14H,3-4,9-10H2,1-2H3. The van der Waals surface area contributed by atoms with Crippen molar-refractivity contribution in [3.8, 4) is 0 Å². The van der Waals surface area contributed by atoms with E-state index in [1.807, 2.05) is 26.1 Å². The third-order valence-electron chi connectivity index (χ3n) is 3.39. The van der Waals surface area contributed by atoms with Crippen LogP contribution in [0.5, 0.6) is 0 Å². The molecule has 100 valence electrons. The van der Waals surface area contributed by atoms with Crippen LogP contribution in [-0.2, 0) is 10.0 Å². The molecule has 1 unspecified atom stereocenters. The van der Waals surface area contributed by atoms with Crippen LogP contribution in [0.25, 0.3) is 0 Å². The normalized spacial score (nSPS) is 21.3. The predicted molar refractivity (Wildman–Crippen MR) is 72.0 cm³/mol. The summed E-state index contributed by atoms with van der Waals surface area (Å²) in [6.07, 6.45) is 1.88. The molecular formula is C13H20N2O2S. The van der Waals surface area contributed by atoms with Gasteiger partial charge >= 0.3 is 0 Å². The Balaban J connectivity index is 2.27. The molecule has 1 fully saturated rings. The van der Waals surface area contributed by atoms with Crippen LogP contribution >= 0.6 is 0 Å². The molecule has 0 saturated carbocycles. The van der Waals surface area contributed by atoms with Crippen molar-refractivity contribution in [2.24, 2.45) is 0 Å². The Hall–Kier alpha value is -0.910. The molecule has 5 heteroatoms. The Labute approximate surface area is 109 Å². The van der Waals surface area contributed by atoms with Gasteiger partial charge in [0.05, 0.1) is 4.90 Å². The molecule has 1 aliphatic heterocycles. The number of hydrogen-bond acceptors (Lipinski definition) is 3. The highest BCUT2D eigenvalue weighted by Gasteiger charge is 2.34. The van der Waals surface area contributed by atoms with Crippen LogP contribution in [-0.4, -0.2) is 38.9 Å². The van der Waals surface area contributed by atoms with Gasteiger partial charge in [-0.25, -0.2) is 8.42 Å². The van der Waals surface area contributed by atoms with Gasteiger partial charge in [0.1, 0.15) is 0 Å². The molecule has 1 atom stereocenters. The van der Waals surface area contributed by atoms with E-state index in [4.69, 9.17) is 0 Å². The van der Waals surface area contributed by atoms with E-state index in [1.165, 1.54) is 0 Å². The molecule has 1 N–H and O–H groups in total. The number of sulfonamides is 1. The summed E-state index contributed by atoms with van der Waals surface area (Å²) in [6.45, 7) is 3.30. The summed E-state index contributed by atoms with van der Waals surface area (Å²) in [5.74, 6) is 0. The summed E-state index contributed by atoms with van der Waals surface area (Å²) >= 11 is 0. The number of likely N-dealkylation sites (N-methyl/N-ethyl adjacent to an activating group) is 1. The number of benzene rings is 1. The van der Waals surface area contributed by atoms with Crippen LogP contribution in [0, 0.1) is 6.92 Å². The zero-order valence-corrected chi connectivity index (χ0v) is 11.7. The highest BCUT2D eigenvalue weighted by Crippen LogP contribution is 2.25. The van der Waals surface area contributed by atoms with Crippen molar-refractivity contribution in [3.63, 3.8) is 0 Å². The third kappa shape index (κ3) is 2.58. The van der Waals surface area contributed by atoms with Crippen LogP contribution in [0.1, 0.15) is 18.4 Å². The van der Waals surface area contributed by atoms with Gasteiger partial charge in [0.2, 0.25) is 10.0 Å². The van der Waals surface area contributed by atoms with Crippen LogP contribution < -0.4 is 5.32 Å². The molecule has 1 aromatic carbocycles. The van der Waals surface area contributed by atoms with Gasteiger partial charge in [-0.05, 0) is 38.9 Å². The van der Waals surface area contributed by atoms with Gasteiger partial charge in [-0.15, -0.1) is 0 Å². The second kappa shape index (κ2) is 5.38. The van der Waals surface area contributed by atoms with Crippen molar-refractivity contribution in [1.29, 1.82) is 0 Å². The van der Waals surface area contributed by atoms with Gasteiger partial charge in [-0.2, -0.15) is 4.31 Å². The van der Waals surface area contributed by atoms with Gasteiger partial charge in [-0.3, -0.25) is 0 Å². The molecule has 4 nitrogen and oxygen atoms in total. The van der Waals surface area contributed by atoms with E-state index in [2.05, 4.69) is 5.32 Å². The fraction of sp³-hybridized carbons (Fsp3) is 0.538. The molecule has 1 heterocycles. The second-order valence-corrected chi connectivity index (χ2v) is 6.67. The maximum absolute atomic E-state index is 12.5. The van der Waals surface area contributed by atoms with E-state index in [0.717, 1.165) is 18.4 Å². The lowest BCUT2D eigenvalue weighted by atomic mass is 10.2. The summed E-state index contributed by atoms with van der Waals surface area (Å²) in [7, 11) is -1.48. The molecule has 0 radical (unpaired) electrons. The average Bonchev–Trinajstić information content (AvgIpc) is 2.79. The van der Waals surface area contributed by atoms with E-state index in [9.17, 15) is 8.42 Å². The predicted octanol–water partition coefficient (Wildman–Crippen LogP) is 1.37. The molecule has 1 aromatic rings. The minimum atomic E-state index is -3.33. The number of nitrogens with one attached hydrogen (secondary N) is 1. The first-order valence-electron chi connectivity index (χ1n) is 6.29. The number of aryl methyl sites for hydroxylation is 1. The van der Waals surface area contributed by atoms with E-state index < -0.39 is 10.0 Å². The molecule has 0 spiro atoms. The van der Waals surface area contributed by atoms with Gasteiger partial charge in [0.15, 0.2) is 0 Å². The zero-order valence-electron chi connectivity index (χ0n) is 10.9. The number of nitrogens with zero attached hydrogens (tertiary/aromatic N) is 1. The SMILES string of the molecule is CNCC1CCCN1S(=O)(=O)c1ccc(C)cc1. The Morgan fingerprint density at radius 3 is 2.61 bits per heavy atom. The van der Waals surface area contributed by atoms with Crippen molar-refractivity contribution >= 4 is 10.0 Å². The molecule has 1 saturated heterocycles. The van der Waals surface area contributed by atoms with E-state index in [-0.39, 0.29) is 6.04 Å². The molecule has 0 aliphatic carbocycles. The lowest BCUT2D eigenvalue weighted by Gasteiger charge is -2.23. The largest absolute Gasteiger partial charge is 0.318 e. The zero-order chi connectivity index (χ0) is 13.2. The highest BCUT2D eigenvalue weighted by atomic mass is 32.2. The van der Waals surface area contributed by atoms with Crippen molar-refractivity contribution in [1.82, 2.24) is 9.62 Å². The summed E-state index contributed by atoms with van der Waals surface area (Å²) in [4.78, 5) is 0.399. The maximum Gasteiger partial charge on any atom is 0.243 e. The van der Waals surface area contributed by atoms with Crippen molar-refractivity contribution < 1.29 is 8.42 Å². The quantitative estimate of drug-likeness (QED) is 0.897. The van der Waals surface area contributed by atoms with Crippen molar-refractivity contribution in [3.05, 3.63) is 29.8 Å². The molecule has 2 rings (SSSR count). The second-order valence-electron chi connectivity index (χ2n) is 4.78. The van der Waals surface area contributed by atoms with Crippen molar-refractivity contribution in [2.45, 2.75) is 30.7 Å². The van der Waals surface area contributed by atoms with Crippen LogP contribution in [0.15, 0.2) is 29.2 Å². The molecule has 1 aliphatic rings. The number of rotatable bonds is 4. The van der Waals surface area contributed by atoms with Gasteiger partial charge in [0, 0.05) is 19.1 Å². The molecule has 0 aromatic heterocycles. The Bertz CT molecular complexity index is 496. The van der Waals surface area contributed by atoms with Gasteiger partial charge in [0.25, 0.3) is 0 Å². The first-order chi connectivity index (χ1) is 8.55. The molecule has 0 bridgehead atoms. The molecular weight excluding hydrogens is 248 g/mol. The summed E-state index contributed by atoms with van der Waals surface area (Å²) < 4.78 is 26.7. The maximum atomic E-state index is 12.5. The first-order valence-corrected chi connectivity index (χ1v) is 7.73. The lowest BCUT2D eigenvalue weighted by molar-refractivity contribution is 0.379. The molecule has 18 heavy (non-hydrogen) atoms. The average molecular weight is 268 g/mol. The fourth-order valence-corrected chi connectivity index (χ4v) is 4.10. The number of hydrogen-bond donors (Lipinski definition) is 1. The van der Waals surface area contributed by atoms with E-state index in [1.54, 1.807) is 16.4 Å². The third-order valence-corrected chi connectivity index (χ3v) is 5.36. The monoisotopic (exact) mass is 268 g/mol. The van der Waals surface area contributed by atoms with E-state index >= 15 is 0 Å². The topological polar surface area (TPSA) is 49.4 Å².